The number of nitrogens with one attached hydrogen (secondary N) is 3. The lowest BCUT2D eigenvalue weighted by atomic mass is 10.0. The number of aryl methyl sites for hydroxylation is 1. The number of amides is 1. The van der Waals surface area contributed by atoms with Gasteiger partial charge < -0.3 is 15.3 Å². The molecule has 2 aromatic carbocycles. The second kappa shape index (κ2) is 6.59. The molecule has 0 saturated carbocycles. The van der Waals surface area contributed by atoms with Gasteiger partial charge in [0.05, 0.1) is 16.6 Å². The Bertz CT molecular complexity index is 1180. The summed E-state index contributed by atoms with van der Waals surface area (Å²) in [5, 5.41) is 7.03. The minimum Gasteiger partial charge on any atom is -0.322 e. The first-order valence-corrected chi connectivity index (χ1v) is 9.61. The maximum Gasteiger partial charge on any atom is 0.323 e. The molecule has 7 heteroatoms. The molecule has 5 nitrogen and oxygen atoms in total. The van der Waals surface area contributed by atoms with E-state index in [4.69, 9.17) is 0 Å². The number of fused-ring (bicyclic) bond motifs is 1. The lowest BCUT2D eigenvalue weighted by Crippen LogP contribution is -2.13. The van der Waals surface area contributed by atoms with Crippen LogP contribution in [0.1, 0.15) is 15.9 Å². The van der Waals surface area contributed by atoms with Crippen LogP contribution in [0.4, 0.5) is 5.69 Å². The zero-order chi connectivity index (χ0) is 18.3. The van der Waals surface area contributed by atoms with Gasteiger partial charge in [-0.05, 0) is 64.7 Å². The van der Waals surface area contributed by atoms with Crippen molar-refractivity contribution in [1.29, 1.82) is 0 Å². The second-order valence-electron chi connectivity index (χ2n) is 5.95. The third kappa shape index (κ3) is 3.11. The molecule has 130 valence electrons. The highest BCUT2D eigenvalue weighted by Crippen LogP contribution is 2.29. The van der Waals surface area contributed by atoms with Crippen molar-refractivity contribution in [3.05, 3.63) is 73.2 Å². The van der Waals surface area contributed by atoms with E-state index in [0.29, 0.717) is 26.8 Å². The molecule has 0 saturated heterocycles. The van der Waals surface area contributed by atoms with Crippen molar-refractivity contribution in [3.8, 4) is 11.1 Å². The molecule has 4 rings (SSSR count). The van der Waals surface area contributed by atoms with Gasteiger partial charge >= 0.3 is 5.69 Å². The molecule has 2 heterocycles. The van der Waals surface area contributed by atoms with E-state index in [-0.39, 0.29) is 11.6 Å². The third-order valence-corrected chi connectivity index (χ3v) is 5.30. The summed E-state index contributed by atoms with van der Waals surface area (Å²) in [6, 6.07) is 11.3. The fourth-order valence-electron chi connectivity index (χ4n) is 2.91. The summed E-state index contributed by atoms with van der Waals surface area (Å²) in [7, 11) is 0. The van der Waals surface area contributed by atoms with Crippen LogP contribution in [-0.2, 0) is 0 Å². The minimum atomic E-state index is -0.345. The number of aromatic nitrogens is 2. The molecule has 0 aliphatic heterocycles. The van der Waals surface area contributed by atoms with E-state index in [9.17, 15) is 9.59 Å². The van der Waals surface area contributed by atoms with Crippen molar-refractivity contribution < 1.29 is 4.79 Å². The van der Waals surface area contributed by atoms with Crippen molar-refractivity contribution in [2.24, 2.45) is 0 Å². The molecule has 0 aliphatic rings. The van der Waals surface area contributed by atoms with E-state index in [1.165, 1.54) is 0 Å². The van der Waals surface area contributed by atoms with Crippen LogP contribution >= 0.6 is 27.3 Å². The molecule has 4 aromatic rings. The van der Waals surface area contributed by atoms with Gasteiger partial charge in [0.1, 0.15) is 0 Å². The van der Waals surface area contributed by atoms with Crippen molar-refractivity contribution >= 4 is 49.9 Å². The summed E-state index contributed by atoms with van der Waals surface area (Å²) >= 11 is 5.01. The SMILES string of the molecule is Cc1ccc(NC(=O)c2cc(Br)cc3[nH]c(=O)[nH]c23)cc1-c1ccsc1. The van der Waals surface area contributed by atoms with Crippen LogP contribution < -0.4 is 11.0 Å². The van der Waals surface area contributed by atoms with E-state index < -0.39 is 0 Å². The number of carbonyl (C=O) groups is 1. The normalized spacial score (nSPS) is 11.0. The van der Waals surface area contributed by atoms with Crippen LogP contribution in [-0.4, -0.2) is 15.9 Å². The molecule has 1 amide bonds. The van der Waals surface area contributed by atoms with Crippen LogP contribution in [0.3, 0.4) is 0 Å². The Morgan fingerprint density at radius 1 is 1.15 bits per heavy atom. The van der Waals surface area contributed by atoms with E-state index in [1.807, 2.05) is 30.5 Å². The number of H-pyrrole nitrogens is 2. The number of hydrogen-bond donors (Lipinski definition) is 3. The molecule has 0 unspecified atom stereocenters. The average molecular weight is 428 g/mol. The number of benzene rings is 2. The molecule has 0 aliphatic carbocycles. The second-order valence-corrected chi connectivity index (χ2v) is 7.65. The van der Waals surface area contributed by atoms with E-state index in [0.717, 1.165) is 16.7 Å². The quantitative estimate of drug-likeness (QED) is 0.434. The number of halogens is 1. The smallest absolute Gasteiger partial charge is 0.322 e. The number of thiophene rings is 1. The van der Waals surface area contributed by atoms with Gasteiger partial charge in [0.2, 0.25) is 0 Å². The lowest BCUT2D eigenvalue weighted by molar-refractivity contribution is 0.102. The summed E-state index contributed by atoms with van der Waals surface area (Å²) in [5.41, 5.74) is 5.17. The first-order valence-electron chi connectivity index (χ1n) is 7.87. The summed E-state index contributed by atoms with van der Waals surface area (Å²) in [6.45, 7) is 2.04. The summed E-state index contributed by atoms with van der Waals surface area (Å²) in [4.78, 5) is 29.7. The largest absolute Gasteiger partial charge is 0.323 e. The predicted octanol–water partition coefficient (Wildman–Crippen LogP) is 4.91. The first kappa shape index (κ1) is 16.8. The maximum atomic E-state index is 12.8. The Kier molecular flexibility index (Phi) is 4.26. The maximum absolute atomic E-state index is 12.8. The molecule has 0 bridgehead atoms. The first-order chi connectivity index (χ1) is 12.5. The highest BCUT2D eigenvalue weighted by Gasteiger charge is 2.15. The van der Waals surface area contributed by atoms with Crippen LogP contribution in [0.2, 0.25) is 0 Å². The lowest BCUT2D eigenvalue weighted by Gasteiger charge is -2.10. The Morgan fingerprint density at radius 2 is 2.00 bits per heavy atom. The molecule has 0 atom stereocenters. The molecular weight excluding hydrogens is 414 g/mol. The molecule has 0 fully saturated rings. The van der Waals surface area contributed by atoms with Gasteiger partial charge in [0.25, 0.3) is 5.91 Å². The standard InChI is InChI=1S/C19H14BrN3O2S/c1-10-2-3-13(8-14(10)11-4-5-26-9-11)21-18(24)15-6-12(20)7-16-17(15)23-19(25)22-16/h2-9H,1H3,(H,21,24)(H2,22,23,25). The van der Waals surface area contributed by atoms with Crippen molar-refractivity contribution in [3.63, 3.8) is 0 Å². The van der Waals surface area contributed by atoms with Gasteiger partial charge in [-0.15, -0.1) is 0 Å². The average Bonchev–Trinajstić information content (AvgIpc) is 3.24. The highest BCUT2D eigenvalue weighted by atomic mass is 79.9. The zero-order valence-corrected chi connectivity index (χ0v) is 16.1. The molecule has 2 aromatic heterocycles. The van der Waals surface area contributed by atoms with Gasteiger partial charge in [0.15, 0.2) is 0 Å². The summed E-state index contributed by atoms with van der Waals surface area (Å²) in [5.74, 6) is -0.285. The summed E-state index contributed by atoms with van der Waals surface area (Å²) in [6.07, 6.45) is 0. The van der Waals surface area contributed by atoms with Gasteiger partial charge in [-0.25, -0.2) is 4.79 Å². The van der Waals surface area contributed by atoms with E-state index in [1.54, 1.807) is 23.5 Å². The summed E-state index contributed by atoms with van der Waals surface area (Å²) < 4.78 is 0.716. The molecule has 0 spiro atoms. The molecular formula is C19H14BrN3O2S. The van der Waals surface area contributed by atoms with Crippen LogP contribution in [0.25, 0.3) is 22.2 Å². The fourth-order valence-corrected chi connectivity index (χ4v) is 4.03. The van der Waals surface area contributed by atoms with Gasteiger partial charge in [-0.3, -0.25) is 4.79 Å². The van der Waals surface area contributed by atoms with Crippen molar-refractivity contribution in [1.82, 2.24) is 9.97 Å². The Hall–Kier alpha value is -2.64. The highest BCUT2D eigenvalue weighted by molar-refractivity contribution is 9.10. The number of carbonyl (C=O) groups excluding carboxylic acids is 1. The van der Waals surface area contributed by atoms with E-state index >= 15 is 0 Å². The number of imidazole rings is 1. The van der Waals surface area contributed by atoms with Gasteiger partial charge in [0, 0.05) is 10.2 Å². The minimum absolute atomic E-state index is 0.285. The van der Waals surface area contributed by atoms with Gasteiger partial charge in [-0.2, -0.15) is 11.3 Å². The molecule has 26 heavy (non-hydrogen) atoms. The monoisotopic (exact) mass is 427 g/mol. The Morgan fingerprint density at radius 3 is 2.77 bits per heavy atom. The van der Waals surface area contributed by atoms with Crippen molar-refractivity contribution in [2.45, 2.75) is 6.92 Å². The fraction of sp³-hybridized carbons (Fsp3) is 0.0526. The molecule has 0 radical (unpaired) electrons. The Balaban J connectivity index is 1.71. The third-order valence-electron chi connectivity index (χ3n) is 4.16. The predicted molar refractivity (Wildman–Crippen MR) is 109 cm³/mol. The molecule has 3 N–H and O–H groups in total. The number of rotatable bonds is 3. The number of aromatic amines is 2. The van der Waals surface area contributed by atoms with Gasteiger partial charge in [-0.1, -0.05) is 22.0 Å². The van der Waals surface area contributed by atoms with Crippen molar-refractivity contribution in [2.75, 3.05) is 5.32 Å². The number of hydrogen-bond acceptors (Lipinski definition) is 3. The van der Waals surface area contributed by atoms with Crippen LogP contribution in [0, 0.1) is 6.92 Å². The van der Waals surface area contributed by atoms with Crippen LogP contribution in [0.15, 0.2) is 56.4 Å². The van der Waals surface area contributed by atoms with Crippen LogP contribution in [0.5, 0.6) is 0 Å². The number of anilines is 1. The van der Waals surface area contributed by atoms with E-state index in [2.05, 4.69) is 42.7 Å². The topological polar surface area (TPSA) is 77.8 Å². The zero-order valence-electron chi connectivity index (χ0n) is 13.7. The Labute approximate surface area is 161 Å².